The van der Waals surface area contributed by atoms with Gasteiger partial charge >= 0.3 is 11.9 Å². The molecule has 1 unspecified atom stereocenters. The first kappa shape index (κ1) is 15.2. The molecule has 4 heteroatoms. The van der Waals surface area contributed by atoms with Gasteiger partial charge in [-0.1, -0.05) is 36.8 Å². The lowest BCUT2D eigenvalue weighted by Crippen LogP contribution is -2.30. The van der Waals surface area contributed by atoms with E-state index < -0.39 is 17.4 Å². The van der Waals surface area contributed by atoms with E-state index in [0.717, 1.165) is 5.56 Å². The number of carboxylic acid groups (broad SMARTS) is 2. The summed E-state index contributed by atoms with van der Waals surface area (Å²) in [6, 6.07) is 9.51. The Morgan fingerprint density at radius 2 is 1.74 bits per heavy atom. The Balaban J connectivity index is 2.59. The monoisotopic (exact) mass is 264 g/mol. The zero-order chi connectivity index (χ0) is 14.3. The maximum Gasteiger partial charge on any atom is 0.309 e. The third-order valence-corrected chi connectivity index (χ3v) is 3.32. The van der Waals surface area contributed by atoms with Gasteiger partial charge in [-0.25, -0.2) is 0 Å². The fraction of sp³-hybridized carbons (Fsp3) is 0.467. The van der Waals surface area contributed by atoms with Crippen molar-refractivity contribution in [2.75, 3.05) is 0 Å². The second-order valence-electron chi connectivity index (χ2n) is 5.13. The molecular weight excluding hydrogens is 244 g/mol. The molecule has 0 aliphatic rings. The van der Waals surface area contributed by atoms with Gasteiger partial charge in [0.05, 0.1) is 5.41 Å². The lowest BCUT2D eigenvalue weighted by molar-refractivity contribution is -0.148. The van der Waals surface area contributed by atoms with Crippen molar-refractivity contribution in [2.24, 2.45) is 5.41 Å². The van der Waals surface area contributed by atoms with Gasteiger partial charge in [-0.3, -0.25) is 9.59 Å². The van der Waals surface area contributed by atoms with Crippen molar-refractivity contribution < 1.29 is 19.8 Å². The first-order valence-electron chi connectivity index (χ1n) is 6.43. The van der Waals surface area contributed by atoms with Crippen LogP contribution in [0, 0.1) is 5.41 Å². The molecular formula is C15H20O4. The molecule has 0 saturated heterocycles. The Morgan fingerprint density at radius 1 is 1.11 bits per heavy atom. The molecule has 0 spiro atoms. The Kier molecular flexibility index (Phi) is 5.55. The minimum absolute atomic E-state index is 0.0983. The summed E-state index contributed by atoms with van der Waals surface area (Å²) in [6.45, 7) is 1.73. The van der Waals surface area contributed by atoms with Gasteiger partial charge in [0, 0.05) is 6.42 Å². The lowest BCUT2D eigenvalue weighted by atomic mass is 9.79. The van der Waals surface area contributed by atoms with E-state index in [9.17, 15) is 14.7 Å². The average molecular weight is 264 g/mol. The Labute approximate surface area is 113 Å². The Hall–Kier alpha value is -1.84. The van der Waals surface area contributed by atoms with Crippen LogP contribution < -0.4 is 0 Å². The molecule has 1 atom stereocenters. The SMILES string of the molecule is CC(CCCCC(=O)O)(Cc1ccccc1)C(=O)O. The first-order chi connectivity index (χ1) is 8.94. The second-order valence-corrected chi connectivity index (χ2v) is 5.13. The third-order valence-electron chi connectivity index (χ3n) is 3.32. The van der Waals surface area contributed by atoms with Crippen LogP contribution >= 0.6 is 0 Å². The number of carbonyl (C=O) groups is 2. The summed E-state index contributed by atoms with van der Waals surface area (Å²) in [7, 11) is 0. The maximum atomic E-state index is 11.4. The summed E-state index contributed by atoms with van der Waals surface area (Å²) in [5, 5.41) is 18.0. The fourth-order valence-electron chi connectivity index (χ4n) is 2.11. The van der Waals surface area contributed by atoms with E-state index in [2.05, 4.69) is 0 Å². The number of aliphatic carboxylic acids is 2. The Bertz CT molecular complexity index is 427. The molecule has 0 aromatic heterocycles. The number of hydrogen-bond acceptors (Lipinski definition) is 2. The predicted molar refractivity (Wildman–Crippen MR) is 72.0 cm³/mol. The molecule has 0 radical (unpaired) electrons. The van der Waals surface area contributed by atoms with E-state index in [-0.39, 0.29) is 6.42 Å². The molecule has 0 bridgehead atoms. The van der Waals surface area contributed by atoms with Crippen LogP contribution in [0.25, 0.3) is 0 Å². The van der Waals surface area contributed by atoms with Gasteiger partial charge in [-0.2, -0.15) is 0 Å². The molecule has 19 heavy (non-hydrogen) atoms. The van der Waals surface area contributed by atoms with Crippen LogP contribution in [0.2, 0.25) is 0 Å². The molecule has 1 aromatic carbocycles. The Morgan fingerprint density at radius 3 is 2.26 bits per heavy atom. The molecule has 0 fully saturated rings. The molecule has 0 heterocycles. The van der Waals surface area contributed by atoms with Crippen molar-refractivity contribution >= 4 is 11.9 Å². The topological polar surface area (TPSA) is 74.6 Å². The van der Waals surface area contributed by atoms with Crippen LogP contribution in [0.4, 0.5) is 0 Å². The number of rotatable bonds is 8. The normalized spacial score (nSPS) is 13.7. The standard InChI is InChI=1S/C15H20O4/c1-15(14(18)19,10-6-5-9-13(16)17)11-12-7-3-2-4-8-12/h2-4,7-8H,5-6,9-11H2,1H3,(H,16,17)(H,18,19). The molecule has 0 saturated carbocycles. The maximum absolute atomic E-state index is 11.4. The predicted octanol–water partition coefficient (Wildman–Crippen LogP) is 2.97. The highest BCUT2D eigenvalue weighted by Crippen LogP contribution is 2.29. The average Bonchev–Trinajstić information content (AvgIpc) is 2.35. The molecule has 4 nitrogen and oxygen atoms in total. The summed E-state index contributed by atoms with van der Waals surface area (Å²) in [5.41, 5.74) is 0.158. The third kappa shape index (κ3) is 5.12. The zero-order valence-corrected chi connectivity index (χ0v) is 11.1. The fourth-order valence-corrected chi connectivity index (χ4v) is 2.11. The van der Waals surface area contributed by atoms with E-state index in [1.54, 1.807) is 6.92 Å². The summed E-state index contributed by atoms with van der Waals surface area (Å²) in [4.78, 5) is 21.9. The minimum Gasteiger partial charge on any atom is -0.481 e. The number of hydrogen-bond donors (Lipinski definition) is 2. The van der Waals surface area contributed by atoms with E-state index in [1.807, 2.05) is 30.3 Å². The molecule has 0 amide bonds. The van der Waals surface area contributed by atoms with Crippen LogP contribution in [0.3, 0.4) is 0 Å². The van der Waals surface area contributed by atoms with Gasteiger partial charge in [0.25, 0.3) is 0 Å². The molecule has 104 valence electrons. The van der Waals surface area contributed by atoms with Gasteiger partial charge in [0.2, 0.25) is 0 Å². The minimum atomic E-state index is -0.833. The highest BCUT2D eigenvalue weighted by atomic mass is 16.4. The van der Waals surface area contributed by atoms with Crippen LogP contribution in [0.15, 0.2) is 30.3 Å². The second kappa shape index (κ2) is 6.92. The van der Waals surface area contributed by atoms with Crippen molar-refractivity contribution in [3.8, 4) is 0 Å². The van der Waals surface area contributed by atoms with Crippen molar-refractivity contribution in [3.63, 3.8) is 0 Å². The van der Waals surface area contributed by atoms with Crippen molar-refractivity contribution in [1.82, 2.24) is 0 Å². The van der Waals surface area contributed by atoms with Crippen molar-refractivity contribution in [1.29, 1.82) is 0 Å². The molecule has 1 rings (SSSR count). The van der Waals surface area contributed by atoms with Crippen LogP contribution in [0.1, 0.15) is 38.2 Å². The summed E-state index contributed by atoms with van der Waals surface area (Å²) >= 11 is 0. The van der Waals surface area contributed by atoms with Gasteiger partial charge in [-0.15, -0.1) is 0 Å². The zero-order valence-electron chi connectivity index (χ0n) is 11.1. The van der Waals surface area contributed by atoms with Gasteiger partial charge < -0.3 is 10.2 Å². The smallest absolute Gasteiger partial charge is 0.309 e. The van der Waals surface area contributed by atoms with E-state index >= 15 is 0 Å². The van der Waals surface area contributed by atoms with Gasteiger partial charge in [-0.05, 0) is 31.7 Å². The summed E-state index contributed by atoms with van der Waals surface area (Å²) < 4.78 is 0. The van der Waals surface area contributed by atoms with E-state index in [4.69, 9.17) is 5.11 Å². The highest BCUT2D eigenvalue weighted by molar-refractivity contribution is 5.74. The van der Waals surface area contributed by atoms with Crippen molar-refractivity contribution in [3.05, 3.63) is 35.9 Å². The highest BCUT2D eigenvalue weighted by Gasteiger charge is 2.32. The largest absolute Gasteiger partial charge is 0.481 e. The van der Waals surface area contributed by atoms with E-state index in [0.29, 0.717) is 25.7 Å². The molecule has 2 N–H and O–H groups in total. The van der Waals surface area contributed by atoms with Crippen LogP contribution in [0.5, 0.6) is 0 Å². The summed E-state index contributed by atoms with van der Waals surface area (Å²) in [5.74, 6) is -1.66. The quantitative estimate of drug-likeness (QED) is 0.708. The van der Waals surface area contributed by atoms with Crippen LogP contribution in [-0.4, -0.2) is 22.2 Å². The van der Waals surface area contributed by atoms with Crippen LogP contribution in [-0.2, 0) is 16.0 Å². The lowest BCUT2D eigenvalue weighted by Gasteiger charge is -2.24. The number of unbranched alkanes of at least 4 members (excludes halogenated alkanes) is 1. The van der Waals surface area contributed by atoms with Gasteiger partial charge in [0.1, 0.15) is 0 Å². The molecule has 0 aliphatic heterocycles. The molecule has 1 aromatic rings. The van der Waals surface area contributed by atoms with Crippen molar-refractivity contribution in [2.45, 2.75) is 39.0 Å². The van der Waals surface area contributed by atoms with Gasteiger partial charge in [0.15, 0.2) is 0 Å². The summed E-state index contributed by atoms with van der Waals surface area (Å²) in [6.07, 6.45) is 2.19. The first-order valence-corrected chi connectivity index (χ1v) is 6.43. The number of benzene rings is 1. The number of carboxylic acids is 2. The molecule has 0 aliphatic carbocycles. The van der Waals surface area contributed by atoms with E-state index in [1.165, 1.54) is 0 Å².